The van der Waals surface area contributed by atoms with E-state index in [9.17, 15) is 9.18 Å². The van der Waals surface area contributed by atoms with Gasteiger partial charge in [0.2, 0.25) is 0 Å². The fourth-order valence-corrected chi connectivity index (χ4v) is 5.84. The number of aliphatic hydroxyl groups excluding tert-OH is 1. The average Bonchev–Trinajstić information content (AvgIpc) is 2.70. The van der Waals surface area contributed by atoms with Crippen LogP contribution in [-0.2, 0) is 24.9 Å². The summed E-state index contributed by atoms with van der Waals surface area (Å²) in [6.07, 6.45) is 4.83. The molecular weight excluding hydrogens is 636 g/mol. The van der Waals surface area contributed by atoms with Gasteiger partial charge in [-0.25, -0.2) is 4.39 Å². The number of carbonyl (C=O) groups excluding carboxylic acids is 1. The molecule has 35 heavy (non-hydrogen) atoms. The Labute approximate surface area is 220 Å². The van der Waals surface area contributed by atoms with Crippen molar-refractivity contribution in [2.75, 3.05) is 0 Å². The number of aromatic nitrogens is 2. The van der Waals surface area contributed by atoms with Crippen LogP contribution in [0, 0.1) is 25.7 Å². The predicted molar refractivity (Wildman–Crippen MR) is 141 cm³/mol. The number of rotatable bonds is 3. The van der Waals surface area contributed by atoms with Crippen molar-refractivity contribution in [2.24, 2.45) is 0 Å². The van der Waals surface area contributed by atoms with E-state index in [-0.39, 0.29) is 37.5 Å². The number of ketones is 1. The van der Waals surface area contributed by atoms with Crippen molar-refractivity contribution in [2.45, 2.75) is 47.3 Å². The van der Waals surface area contributed by atoms with E-state index in [2.05, 4.69) is 49.7 Å². The van der Waals surface area contributed by atoms with Crippen LogP contribution in [0.25, 0.3) is 32.9 Å². The first-order valence-corrected chi connectivity index (χ1v) is 14.6. The molecule has 0 aliphatic heterocycles. The molecule has 0 saturated heterocycles. The van der Waals surface area contributed by atoms with Gasteiger partial charge in [0.1, 0.15) is 5.82 Å². The van der Waals surface area contributed by atoms with Crippen molar-refractivity contribution < 1.29 is 34.4 Å². The van der Waals surface area contributed by atoms with Crippen molar-refractivity contribution >= 4 is 40.7 Å². The molecule has 1 N–H and O–H groups in total. The molecule has 0 aliphatic rings. The number of pyridine rings is 2. The quantitative estimate of drug-likeness (QED) is 0.0883. The Morgan fingerprint density at radius 2 is 1.71 bits per heavy atom. The van der Waals surface area contributed by atoms with Gasteiger partial charge >= 0.3 is 0 Å². The van der Waals surface area contributed by atoms with Gasteiger partial charge in [-0.1, -0.05) is 33.5 Å². The van der Waals surface area contributed by atoms with Gasteiger partial charge in [0.05, 0.1) is 19.3 Å². The summed E-state index contributed by atoms with van der Waals surface area (Å²) in [5, 5.41) is 12.2. The van der Waals surface area contributed by atoms with E-state index in [1.54, 1.807) is 6.07 Å². The van der Waals surface area contributed by atoms with Crippen molar-refractivity contribution in [3.63, 3.8) is 0 Å². The fourth-order valence-electron chi connectivity index (χ4n) is 4.13. The van der Waals surface area contributed by atoms with Crippen LogP contribution in [0.15, 0.2) is 54.6 Å². The van der Waals surface area contributed by atoms with E-state index in [1.165, 1.54) is 25.5 Å². The van der Waals surface area contributed by atoms with E-state index >= 15 is 0 Å². The van der Waals surface area contributed by atoms with Crippen LogP contribution in [0.1, 0.15) is 25.0 Å². The number of fused-ring (bicyclic) bond motifs is 3. The summed E-state index contributed by atoms with van der Waals surface area (Å²) in [4.78, 5) is 19.3. The Bertz CT molecular complexity index is 1400. The standard InChI is InChI=1S/C23H22FN2Si.C5H8O2.Ir/c1-14-10-15(2)12-16(11-14)21-19-13-26-22-18(17(19)8-9-25-21)6-7-20(24)23(22)27(3,4)5;1-4(6)3-5(2)7;/h6-11,13H,1-5H3;3,6H,1-2H3;/q-1;;/b;4-3-;. The molecule has 0 atom stereocenters. The van der Waals surface area contributed by atoms with E-state index in [4.69, 9.17) is 10.1 Å². The number of allylic oxidation sites excluding steroid dienone is 2. The first kappa shape index (κ1) is 28.5. The van der Waals surface area contributed by atoms with E-state index in [0.717, 1.165) is 43.7 Å². The molecule has 185 valence electrons. The number of carbonyl (C=O) groups is 1. The van der Waals surface area contributed by atoms with Gasteiger partial charge in [-0.15, -0.1) is 34.9 Å². The van der Waals surface area contributed by atoms with E-state index in [0.29, 0.717) is 0 Å². The molecule has 7 heteroatoms. The minimum Gasteiger partial charge on any atom is -0.512 e. The van der Waals surface area contributed by atoms with Crippen molar-refractivity contribution in [1.82, 2.24) is 9.97 Å². The molecular formula is C28H30FIrN2O2Si-. The SMILES string of the molecule is CC(=O)/C=C(/C)O.Cc1[c-]c(-c2nccc3c2cnc2c([Si](C)(C)C)c(F)ccc23)cc(C)c1.[Ir]. The smallest absolute Gasteiger partial charge is 0.155 e. The molecule has 4 rings (SSSR count). The molecule has 0 fully saturated rings. The maximum atomic E-state index is 14.6. The van der Waals surface area contributed by atoms with Gasteiger partial charge in [0, 0.05) is 49.1 Å². The Kier molecular flexibility index (Phi) is 9.23. The second-order valence-corrected chi connectivity index (χ2v) is 14.6. The van der Waals surface area contributed by atoms with Crippen LogP contribution < -0.4 is 5.19 Å². The summed E-state index contributed by atoms with van der Waals surface area (Å²) in [6, 6.07) is 13.0. The molecule has 0 saturated carbocycles. The van der Waals surface area contributed by atoms with Gasteiger partial charge in [-0.2, -0.15) is 0 Å². The van der Waals surface area contributed by atoms with Crippen molar-refractivity contribution in [1.29, 1.82) is 0 Å². The largest absolute Gasteiger partial charge is 0.512 e. The number of nitrogens with zero attached hydrogens (tertiary/aromatic N) is 2. The Balaban J connectivity index is 0.000000476. The van der Waals surface area contributed by atoms with Gasteiger partial charge < -0.3 is 10.1 Å². The molecule has 4 aromatic rings. The van der Waals surface area contributed by atoms with Crippen LogP contribution in [0.5, 0.6) is 0 Å². The first-order valence-electron chi connectivity index (χ1n) is 11.1. The first-order chi connectivity index (χ1) is 15.9. The number of hydrogen-bond donors (Lipinski definition) is 1. The van der Waals surface area contributed by atoms with Gasteiger partial charge in [0.25, 0.3) is 0 Å². The van der Waals surface area contributed by atoms with Crippen LogP contribution in [0.3, 0.4) is 0 Å². The van der Waals surface area contributed by atoms with Gasteiger partial charge in [-0.05, 0) is 48.5 Å². The third-order valence-electron chi connectivity index (χ3n) is 5.30. The summed E-state index contributed by atoms with van der Waals surface area (Å²) < 4.78 is 14.6. The van der Waals surface area contributed by atoms with Crippen LogP contribution in [-0.4, -0.2) is 28.9 Å². The van der Waals surface area contributed by atoms with Crippen LogP contribution in [0.4, 0.5) is 4.39 Å². The molecule has 2 aromatic carbocycles. The van der Waals surface area contributed by atoms with Gasteiger partial charge in [-0.3, -0.25) is 9.78 Å². The molecule has 1 radical (unpaired) electrons. The minimum absolute atomic E-state index is 0. The molecule has 4 nitrogen and oxygen atoms in total. The molecule has 0 bridgehead atoms. The van der Waals surface area contributed by atoms with Crippen LogP contribution in [0.2, 0.25) is 19.6 Å². The molecule has 0 aliphatic carbocycles. The number of hydrogen-bond acceptors (Lipinski definition) is 4. The number of aryl methyl sites for hydroxylation is 2. The Hall–Kier alpha value is -2.73. The summed E-state index contributed by atoms with van der Waals surface area (Å²) in [5.41, 5.74) is 4.88. The predicted octanol–water partition coefficient (Wildman–Crippen LogP) is 6.59. The zero-order valence-corrected chi connectivity index (χ0v) is 24.5. The van der Waals surface area contributed by atoms with Crippen molar-refractivity contribution in [3.8, 4) is 11.3 Å². The molecule has 0 spiro atoms. The number of benzene rings is 2. The third-order valence-corrected chi connectivity index (χ3v) is 7.27. The number of aliphatic hydroxyl groups is 1. The summed E-state index contributed by atoms with van der Waals surface area (Å²) in [6.45, 7) is 13.4. The third kappa shape index (κ3) is 6.69. The number of halogens is 1. The monoisotopic (exact) mass is 666 g/mol. The normalized spacial score (nSPS) is 11.6. The molecule has 2 heterocycles. The maximum absolute atomic E-state index is 14.6. The van der Waals surface area contributed by atoms with E-state index in [1.807, 2.05) is 31.5 Å². The van der Waals surface area contributed by atoms with Gasteiger partial charge in [0.15, 0.2) is 5.78 Å². The molecule has 0 amide bonds. The topological polar surface area (TPSA) is 63.1 Å². The zero-order chi connectivity index (χ0) is 25.2. The second-order valence-electron chi connectivity index (χ2n) is 9.60. The molecule has 0 unspecified atom stereocenters. The zero-order valence-electron chi connectivity index (χ0n) is 21.1. The summed E-state index contributed by atoms with van der Waals surface area (Å²) >= 11 is 0. The average molecular weight is 666 g/mol. The summed E-state index contributed by atoms with van der Waals surface area (Å²) in [5.74, 6) is -0.210. The second kappa shape index (κ2) is 11.3. The van der Waals surface area contributed by atoms with E-state index < -0.39 is 8.07 Å². The maximum Gasteiger partial charge on any atom is 0.155 e. The Morgan fingerprint density at radius 1 is 1.03 bits per heavy atom. The minimum atomic E-state index is -1.88. The fraction of sp³-hybridized carbons (Fsp3) is 0.250. The van der Waals surface area contributed by atoms with Crippen LogP contribution >= 0.6 is 0 Å². The Morgan fingerprint density at radius 3 is 2.26 bits per heavy atom. The molecule has 2 aromatic heterocycles. The van der Waals surface area contributed by atoms with Crippen molar-refractivity contribution in [3.05, 3.63) is 77.6 Å². The summed E-state index contributed by atoms with van der Waals surface area (Å²) in [7, 11) is -1.88.